The highest BCUT2D eigenvalue weighted by molar-refractivity contribution is 5.68. The number of anilines is 1. The number of fused-ring (bicyclic) bond motifs is 1. The van der Waals surface area contributed by atoms with Crippen LogP contribution in [0, 0.1) is 0 Å². The number of nitrogens with one attached hydrogen (secondary N) is 3. The van der Waals surface area contributed by atoms with Gasteiger partial charge in [0.25, 0.3) is 5.56 Å². The molecule has 7 nitrogen and oxygen atoms in total. The van der Waals surface area contributed by atoms with Gasteiger partial charge in [-0.1, -0.05) is 39.0 Å². The van der Waals surface area contributed by atoms with Gasteiger partial charge in [0.2, 0.25) is 11.6 Å². The fourth-order valence-corrected chi connectivity index (χ4v) is 1.95. The standard InChI is InChI=1S/C12H20N6O/c1-2-3-4-5-6-7-8-13-12-14-10-9(11(19)15-12)16-18-17-10/h2-8H2,1H3,(H3,13,14,15,16,17,18,19). The molecule has 0 fully saturated rings. The summed E-state index contributed by atoms with van der Waals surface area (Å²) in [6.45, 7) is 3.02. The van der Waals surface area contributed by atoms with Crippen molar-refractivity contribution >= 4 is 17.1 Å². The lowest BCUT2D eigenvalue weighted by Crippen LogP contribution is -2.14. The minimum Gasteiger partial charge on any atom is -0.356 e. The van der Waals surface area contributed by atoms with Crippen molar-refractivity contribution in [1.82, 2.24) is 25.4 Å². The van der Waals surface area contributed by atoms with Crippen LogP contribution in [0.25, 0.3) is 11.2 Å². The first kappa shape index (κ1) is 13.5. The molecule has 0 aliphatic heterocycles. The summed E-state index contributed by atoms with van der Waals surface area (Å²) < 4.78 is 0. The van der Waals surface area contributed by atoms with Gasteiger partial charge in [0.1, 0.15) is 0 Å². The number of unbranched alkanes of at least 4 members (excludes halogenated alkanes) is 5. The number of hydrogen-bond acceptors (Lipinski definition) is 5. The van der Waals surface area contributed by atoms with E-state index in [0.717, 1.165) is 13.0 Å². The van der Waals surface area contributed by atoms with E-state index in [4.69, 9.17) is 0 Å². The highest BCUT2D eigenvalue weighted by Gasteiger charge is 2.06. The third kappa shape index (κ3) is 3.77. The average molecular weight is 264 g/mol. The second-order valence-corrected chi connectivity index (χ2v) is 4.60. The molecule has 0 saturated heterocycles. The molecule has 2 heterocycles. The third-order valence-electron chi connectivity index (χ3n) is 3.02. The number of H-pyrrole nitrogens is 2. The van der Waals surface area contributed by atoms with Gasteiger partial charge in [-0.3, -0.25) is 9.78 Å². The Morgan fingerprint density at radius 1 is 1.11 bits per heavy atom. The normalized spacial score (nSPS) is 11.0. The highest BCUT2D eigenvalue weighted by atomic mass is 16.1. The molecular formula is C12H20N6O. The van der Waals surface area contributed by atoms with E-state index in [1.807, 2.05) is 0 Å². The summed E-state index contributed by atoms with van der Waals surface area (Å²) in [7, 11) is 0. The lowest BCUT2D eigenvalue weighted by molar-refractivity contribution is 0.616. The van der Waals surface area contributed by atoms with E-state index < -0.39 is 0 Å². The molecule has 2 rings (SSSR count). The van der Waals surface area contributed by atoms with Crippen LogP contribution in [0.4, 0.5) is 5.95 Å². The minimum atomic E-state index is -0.274. The van der Waals surface area contributed by atoms with Crippen LogP contribution in [0.2, 0.25) is 0 Å². The summed E-state index contributed by atoms with van der Waals surface area (Å²) in [6.07, 6.45) is 7.41. The first-order valence-electron chi connectivity index (χ1n) is 6.86. The highest BCUT2D eigenvalue weighted by Crippen LogP contribution is 2.06. The van der Waals surface area contributed by atoms with Gasteiger partial charge in [-0.05, 0) is 6.42 Å². The van der Waals surface area contributed by atoms with Gasteiger partial charge in [0.15, 0.2) is 5.52 Å². The molecular weight excluding hydrogens is 244 g/mol. The fraction of sp³-hybridized carbons (Fsp3) is 0.667. The first-order chi connectivity index (χ1) is 9.31. The van der Waals surface area contributed by atoms with Crippen molar-refractivity contribution < 1.29 is 0 Å². The maximum Gasteiger partial charge on any atom is 0.282 e. The van der Waals surface area contributed by atoms with Gasteiger partial charge in [-0.15, -0.1) is 10.2 Å². The van der Waals surface area contributed by atoms with Crippen LogP contribution in [0.15, 0.2) is 4.79 Å². The van der Waals surface area contributed by atoms with E-state index >= 15 is 0 Å². The Bertz CT molecular complexity index is 561. The van der Waals surface area contributed by atoms with Crippen LogP contribution in [0.1, 0.15) is 45.4 Å². The van der Waals surface area contributed by atoms with Crippen LogP contribution >= 0.6 is 0 Å². The lowest BCUT2D eigenvalue weighted by atomic mass is 10.1. The number of rotatable bonds is 8. The van der Waals surface area contributed by atoms with Crippen LogP contribution in [-0.4, -0.2) is 31.9 Å². The van der Waals surface area contributed by atoms with E-state index in [1.54, 1.807) is 0 Å². The molecule has 0 bridgehead atoms. The van der Waals surface area contributed by atoms with Crippen LogP contribution in [0.5, 0.6) is 0 Å². The van der Waals surface area contributed by atoms with Crippen molar-refractivity contribution in [2.24, 2.45) is 0 Å². The van der Waals surface area contributed by atoms with Crippen molar-refractivity contribution in [3.63, 3.8) is 0 Å². The molecule has 2 aromatic rings. The van der Waals surface area contributed by atoms with Gasteiger partial charge in [-0.25, -0.2) is 0 Å². The Morgan fingerprint density at radius 2 is 1.89 bits per heavy atom. The van der Waals surface area contributed by atoms with Gasteiger partial charge in [0.05, 0.1) is 0 Å². The first-order valence-corrected chi connectivity index (χ1v) is 6.86. The fourth-order valence-electron chi connectivity index (χ4n) is 1.95. The van der Waals surface area contributed by atoms with Gasteiger partial charge < -0.3 is 5.32 Å². The molecule has 0 saturated carbocycles. The molecule has 0 aromatic carbocycles. The molecule has 19 heavy (non-hydrogen) atoms. The topological polar surface area (TPSA) is 99.3 Å². The summed E-state index contributed by atoms with van der Waals surface area (Å²) in [4.78, 5) is 18.4. The Morgan fingerprint density at radius 3 is 2.74 bits per heavy atom. The average Bonchev–Trinajstić information content (AvgIpc) is 2.86. The zero-order chi connectivity index (χ0) is 13.5. The molecule has 2 aromatic heterocycles. The van der Waals surface area contributed by atoms with E-state index in [0.29, 0.717) is 11.6 Å². The van der Waals surface area contributed by atoms with Gasteiger partial charge in [-0.2, -0.15) is 10.2 Å². The van der Waals surface area contributed by atoms with E-state index in [9.17, 15) is 4.79 Å². The summed E-state index contributed by atoms with van der Waals surface area (Å²) in [5.41, 5.74) is 0.309. The van der Waals surface area contributed by atoms with Gasteiger partial charge >= 0.3 is 0 Å². The van der Waals surface area contributed by atoms with Crippen molar-refractivity contribution in [3.8, 4) is 0 Å². The maximum absolute atomic E-state index is 11.6. The van der Waals surface area contributed by atoms with Crippen molar-refractivity contribution in [3.05, 3.63) is 10.4 Å². The minimum absolute atomic E-state index is 0.241. The molecule has 104 valence electrons. The molecule has 0 aliphatic carbocycles. The number of aromatic nitrogens is 5. The molecule has 0 aliphatic rings. The third-order valence-corrected chi connectivity index (χ3v) is 3.02. The predicted molar refractivity (Wildman–Crippen MR) is 74.2 cm³/mol. The van der Waals surface area contributed by atoms with E-state index in [2.05, 4.69) is 37.6 Å². The zero-order valence-corrected chi connectivity index (χ0v) is 11.2. The summed E-state index contributed by atoms with van der Waals surface area (Å²) in [5, 5.41) is 13.0. The van der Waals surface area contributed by atoms with Crippen LogP contribution in [0.3, 0.4) is 0 Å². The molecule has 0 amide bonds. The quantitative estimate of drug-likeness (QED) is 0.631. The zero-order valence-electron chi connectivity index (χ0n) is 11.2. The smallest absolute Gasteiger partial charge is 0.282 e. The Labute approximate surface area is 111 Å². The number of nitrogens with zero attached hydrogens (tertiary/aromatic N) is 3. The summed E-state index contributed by atoms with van der Waals surface area (Å²) in [5.74, 6) is 0.458. The molecule has 0 spiro atoms. The molecule has 0 atom stereocenters. The van der Waals surface area contributed by atoms with Crippen molar-refractivity contribution in [1.29, 1.82) is 0 Å². The monoisotopic (exact) mass is 264 g/mol. The Kier molecular flexibility index (Phi) is 4.88. The Balaban J connectivity index is 1.77. The second kappa shape index (κ2) is 6.86. The lowest BCUT2D eigenvalue weighted by Gasteiger charge is -2.04. The molecule has 0 radical (unpaired) electrons. The summed E-state index contributed by atoms with van der Waals surface area (Å²) in [6, 6.07) is 0. The summed E-state index contributed by atoms with van der Waals surface area (Å²) >= 11 is 0. The molecule has 7 heteroatoms. The second-order valence-electron chi connectivity index (χ2n) is 4.60. The maximum atomic E-state index is 11.6. The largest absolute Gasteiger partial charge is 0.356 e. The van der Waals surface area contributed by atoms with Crippen LogP contribution < -0.4 is 10.9 Å². The van der Waals surface area contributed by atoms with E-state index in [-0.39, 0.29) is 11.1 Å². The molecule has 0 unspecified atom stereocenters. The van der Waals surface area contributed by atoms with Crippen LogP contribution in [-0.2, 0) is 0 Å². The molecule has 3 N–H and O–H groups in total. The predicted octanol–water partition coefficient (Wildman–Crippen LogP) is 1.81. The van der Waals surface area contributed by atoms with Crippen molar-refractivity contribution in [2.75, 3.05) is 11.9 Å². The Hall–Kier alpha value is -1.92. The van der Waals surface area contributed by atoms with E-state index in [1.165, 1.54) is 32.1 Å². The van der Waals surface area contributed by atoms with Gasteiger partial charge in [0, 0.05) is 6.54 Å². The van der Waals surface area contributed by atoms with Crippen molar-refractivity contribution in [2.45, 2.75) is 45.4 Å². The SMILES string of the molecule is CCCCCCCCNc1nc2n[nH]nc2c(=O)[nH]1. The number of hydrogen-bond donors (Lipinski definition) is 3. The number of aromatic amines is 2.